The fourth-order valence-corrected chi connectivity index (χ4v) is 4.34. The molecule has 1 heterocycles. The zero-order valence-electron chi connectivity index (χ0n) is 19.8. The van der Waals surface area contributed by atoms with Gasteiger partial charge in [-0.25, -0.2) is 0 Å². The van der Waals surface area contributed by atoms with Crippen LogP contribution in [0.15, 0.2) is 84.9 Å². The minimum absolute atomic E-state index is 0.0227. The molecular formula is C29H31N3O3. The van der Waals surface area contributed by atoms with Crippen LogP contribution in [-0.2, 0) is 11.2 Å². The Morgan fingerprint density at radius 3 is 2.23 bits per heavy atom. The van der Waals surface area contributed by atoms with Gasteiger partial charge in [-0.15, -0.1) is 0 Å². The summed E-state index contributed by atoms with van der Waals surface area (Å²) in [6.45, 7) is 1.70. The lowest BCUT2D eigenvalue weighted by molar-refractivity contribution is -0.126. The van der Waals surface area contributed by atoms with Crippen molar-refractivity contribution in [3.63, 3.8) is 0 Å². The first-order valence-electron chi connectivity index (χ1n) is 12.2. The Labute approximate surface area is 206 Å². The molecule has 0 radical (unpaired) electrons. The lowest BCUT2D eigenvalue weighted by Gasteiger charge is -2.32. The minimum Gasteiger partial charge on any atom is -0.356 e. The van der Waals surface area contributed by atoms with Crippen molar-refractivity contribution in [2.45, 2.75) is 25.7 Å². The van der Waals surface area contributed by atoms with Gasteiger partial charge in [-0.1, -0.05) is 48.5 Å². The molecule has 0 spiro atoms. The van der Waals surface area contributed by atoms with E-state index >= 15 is 0 Å². The Kier molecular flexibility index (Phi) is 8.28. The third kappa shape index (κ3) is 6.79. The largest absolute Gasteiger partial charge is 0.356 e. The van der Waals surface area contributed by atoms with E-state index in [0.717, 1.165) is 25.7 Å². The van der Waals surface area contributed by atoms with Crippen LogP contribution in [0.25, 0.3) is 0 Å². The van der Waals surface area contributed by atoms with E-state index < -0.39 is 0 Å². The molecule has 3 amide bonds. The highest BCUT2D eigenvalue weighted by atomic mass is 16.2. The molecule has 0 aliphatic carbocycles. The fourth-order valence-electron chi connectivity index (χ4n) is 4.34. The number of aryl methyl sites for hydroxylation is 1. The predicted molar refractivity (Wildman–Crippen MR) is 137 cm³/mol. The number of amides is 3. The van der Waals surface area contributed by atoms with Crippen molar-refractivity contribution in [2.75, 3.05) is 25.0 Å². The van der Waals surface area contributed by atoms with Gasteiger partial charge in [0.2, 0.25) is 5.91 Å². The van der Waals surface area contributed by atoms with Gasteiger partial charge in [0.1, 0.15) is 0 Å². The van der Waals surface area contributed by atoms with Crippen LogP contribution in [-0.4, -0.2) is 42.3 Å². The van der Waals surface area contributed by atoms with Crippen LogP contribution < -0.4 is 10.6 Å². The molecule has 1 aliphatic rings. The topological polar surface area (TPSA) is 78.5 Å². The van der Waals surface area contributed by atoms with Gasteiger partial charge in [0.25, 0.3) is 11.8 Å². The van der Waals surface area contributed by atoms with Crippen molar-refractivity contribution in [1.82, 2.24) is 10.2 Å². The van der Waals surface area contributed by atoms with Crippen molar-refractivity contribution in [1.29, 1.82) is 0 Å². The quantitative estimate of drug-likeness (QED) is 0.476. The second kappa shape index (κ2) is 12.0. The number of piperidine rings is 1. The van der Waals surface area contributed by atoms with Crippen molar-refractivity contribution >= 4 is 23.4 Å². The molecule has 1 unspecified atom stereocenters. The lowest BCUT2D eigenvalue weighted by atomic mass is 9.96. The Hall–Kier alpha value is -3.93. The van der Waals surface area contributed by atoms with Gasteiger partial charge in [-0.2, -0.15) is 0 Å². The molecule has 1 fully saturated rings. The Morgan fingerprint density at radius 2 is 1.51 bits per heavy atom. The minimum atomic E-state index is -0.196. The van der Waals surface area contributed by atoms with E-state index in [1.807, 2.05) is 36.4 Å². The van der Waals surface area contributed by atoms with E-state index in [4.69, 9.17) is 0 Å². The number of likely N-dealkylation sites (tertiary alicyclic amines) is 1. The summed E-state index contributed by atoms with van der Waals surface area (Å²) in [5, 5.41) is 5.89. The van der Waals surface area contributed by atoms with Crippen LogP contribution in [0.4, 0.5) is 5.69 Å². The summed E-state index contributed by atoms with van der Waals surface area (Å²) in [7, 11) is 0. The smallest absolute Gasteiger partial charge is 0.255 e. The molecule has 0 aromatic heterocycles. The molecule has 2 N–H and O–H groups in total. The third-order valence-electron chi connectivity index (χ3n) is 6.29. The van der Waals surface area contributed by atoms with Gasteiger partial charge in [-0.05, 0) is 67.6 Å². The van der Waals surface area contributed by atoms with Crippen LogP contribution in [0.2, 0.25) is 0 Å². The number of hydrogen-bond donors (Lipinski definition) is 2. The van der Waals surface area contributed by atoms with Crippen molar-refractivity contribution in [3.05, 3.63) is 102 Å². The van der Waals surface area contributed by atoms with Crippen molar-refractivity contribution < 1.29 is 14.4 Å². The van der Waals surface area contributed by atoms with E-state index in [1.165, 1.54) is 5.56 Å². The Bertz CT molecular complexity index is 1130. The highest BCUT2D eigenvalue weighted by molar-refractivity contribution is 6.04. The second-order valence-electron chi connectivity index (χ2n) is 8.87. The van der Waals surface area contributed by atoms with Gasteiger partial charge in [0.05, 0.1) is 5.92 Å². The maximum atomic E-state index is 13.0. The van der Waals surface area contributed by atoms with Gasteiger partial charge in [-0.3, -0.25) is 14.4 Å². The maximum absolute atomic E-state index is 13.0. The zero-order valence-corrected chi connectivity index (χ0v) is 19.8. The molecular weight excluding hydrogens is 438 g/mol. The average molecular weight is 470 g/mol. The summed E-state index contributed by atoms with van der Waals surface area (Å²) in [6.07, 6.45) is 3.41. The van der Waals surface area contributed by atoms with E-state index in [-0.39, 0.29) is 23.6 Å². The Balaban J connectivity index is 1.25. The molecule has 1 saturated heterocycles. The normalized spacial score (nSPS) is 15.3. The molecule has 4 rings (SSSR count). The van der Waals surface area contributed by atoms with Gasteiger partial charge < -0.3 is 15.5 Å². The zero-order chi connectivity index (χ0) is 24.5. The van der Waals surface area contributed by atoms with E-state index in [1.54, 1.807) is 41.3 Å². The third-order valence-corrected chi connectivity index (χ3v) is 6.29. The SMILES string of the molecule is O=C(Nc1ccc(C(=O)N2CCCC(C(=O)NCCCc3ccccc3)C2)cc1)c1ccccc1. The average Bonchev–Trinajstić information content (AvgIpc) is 2.92. The first-order chi connectivity index (χ1) is 17.1. The van der Waals surface area contributed by atoms with Crippen molar-refractivity contribution in [2.24, 2.45) is 5.92 Å². The summed E-state index contributed by atoms with van der Waals surface area (Å²) in [4.78, 5) is 39.8. The van der Waals surface area contributed by atoms with E-state index in [0.29, 0.717) is 36.4 Å². The van der Waals surface area contributed by atoms with E-state index in [2.05, 4.69) is 22.8 Å². The summed E-state index contributed by atoms with van der Waals surface area (Å²) in [5.41, 5.74) is 3.01. The highest BCUT2D eigenvalue weighted by Gasteiger charge is 2.28. The molecule has 1 aliphatic heterocycles. The summed E-state index contributed by atoms with van der Waals surface area (Å²) in [6, 6.07) is 26.1. The maximum Gasteiger partial charge on any atom is 0.255 e. The number of carbonyl (C=O) groups is 3. The molecule has 6 heteroatoms. The highest BCUT2D eigenvalue weighted by Crippen LogP contribution is 2.20. The summed E-state index contributed by atoms with van der Waals surface area (Å²) < 4.78 is 0. The summed E-state index contributed by atoms with van der Waals surface area (Å²) in [5.74, 6) is -0.450. The first kappa shape index (κ1) is 24.2. The Morgan fingerprint density at radius 1 is 0.829 bits per heavy atom. The van der Waals surface area contributed by atoms with Gasteiger partial charge in [0, 0.05) is 36.4 Å². The van der Waals surface area contributed by atoms with Crippen LogP contribution in [0.1, 0.15) is 45.5 Å². The van der Waals surface area contributed by atoms with Gasteiger partial charge in [0.15, 0.2) is 0 Å². The van der Waals surface area contributed by atoms with Crippen LogP contribution in [0.3, 0.4) is 0 Å². The molecule has 6 nitrogen and oxygen atoms in total. The van der Waals surface area contributed by atoms with Crippen LogP contribution in [0.5, 0.6) is 0 Å². The molecule has 35 heavy (non-hydrogen) atoms. The summed E-state index contributed by atoms with van der Waals surface area (Å²) >= 11 is 0. The number of hydrogen-bond acceptors (Lipinski definition) is 3. The molecule has 3 aromatic carbocycles. The van der Waals surface area contributed by atoms with Crippen LogP contribution >= 0.6 is 0 Å². The standard InChI is InChI=1S/C29H31N3O3/c33-27(30-19-7-11-22-9-3-1-4-10-22)25-14-8-20-32(21-25)29(35)24-15-17-26(18-16-24)31-28(34)23-12-5-2-6-13-23/h1-6,9-10,12-13,15-18,25H,7-8,11,14,19-21H2,(H,30,33)(H,31,34). The molecule has 3 aromatic rings. The lowest BCUT2D eigenvalue weighted by Crippen LogP contribution is -2.45. The first-order valence-corrected chi connectivity index (χ1v) is 12.2. The molecule has 0 saturated carbocycles. The number of nitrogens with zero attached hydrogens (tertiary/aromatic N) is 1. The number of anilines is 1. The van der Waals surface area contributed by atoms with Gasteiger partial charge >= 0.3 is 0 Å². The predicted octanol–water partition coefficient (Wildman–Crippen LogP) is 4.54. The number of nitrogens with one attached hydrogen (secondary N) is 2. The monoisotopic (exact) mass is 469 g/mol. The van der Waals surface area contributed by atoms with E-state index in [9.17, 15) is 14.4 Å². The molecule has 0 bridgehead atoms. The number of benzene rings is 3. The molecule has 180 valence electrons. The van der Waals surface area contributed by atoms with Crippen molar-refractivity contribution in [3.8, 4) is 0 Å². The van der Waals surface area contributed by atoms with Crippen LogP contribution in [0, 0.1) is 5.92 Å². The second-order valence-corrected chi connectivity index (χ2v) is 8.87. The number of carbonyl (C=O) groups excluding carboxylic acids is 3. The number of rotatable bonds is 8. The fraction of sp³-hybridized carbons (Fsp3) is 0.276. The molecule has 1 atom stereocenters.